The third kappa shape index (κ3) is 3.95. The first kappa shape index (κ1) is 17.9. The molecule has 2 aromatic heterocycles. The van der Waals surface area contributed by atoms with Crippen molar-refractivity contribution in [3.05, 3.63) is 60.0 Å². The standard InChI is InChI=1S/C18H12FN3O2S3/c1-24-17(23)11-4-7-14-13(8-11)21-18(25-14)22-27-15-9-20-16(26-15)10-2-5-12(19)6-3-10/h2-9H,1H3,(H,21,22). The van der Waals surface area contributed by atoms with Gasteiger partial charge in [-0.25, -0.2) is 19.2 Å². The van der Waals surface area contributed by atoms with Gasteiger partial charge in [0.2, 0.25) is 0 Å². The molecule has 0 aliphatic heterocycles. The molecule has 0 saturated carbocycles. The summed E-state index contributed by atoms with van der Waals surface area (Å²) in [5.41, 5.74) is 2.09. The van der Waals surface area contributed by atoms with E-state index in [0.717, 1.165) is 30.1 Å². The number of ether oxygens (including phenoxy) is 1. The molecule has 4 aromatic rings. The number of halogens is 1. The second-order valence-corrected chi connectivity index (χ2v) is 8.56. The van der Waals surface area contributed by atoms with E-state index in [4.69, 9.17) is 4.74 Å². The van der Waals surface area contributed by atoms with E-state index < -0.39 is 0 Å². The molecule has 4 rings (SSSR count). The molecule has 1 N–H and O–H groups in total. The van der Waals surface area contributed by atoms with Crippen molar-refractivity contribution in [2.45, 2.75) is 4.21 Å². The van der Waals surface area contributed by atoms with Crippen molar-refractivity contribution in [1.82, 2.24) is 9.97 Å². The number of esters is 1. The molecule has 0 spiro atoms. The number of nitrogens with zero attached hydrogens (tertiary/aromatic N) is 2. The Morgan fingerprint density at radius 2 is 2.00 bits per heavy atom. The third-order valence-electron chi connectivity index (χ3n) is 3.62. The molecule has 9 heteroatoms. The molecule has 0 radical (unpaired) electrons. The van der Waals surface area contributed by atoms with Crippen molar-refractivity contribution in [2.24, 2.45) is 0 Å². The van der Waals surface area contributed by atoms with Crippen LogP contribution in [0.2, 0.25) is 0 Å². The summed E-state index contributed by atoms with van der Waals surface area (Å²) in [5, 5.41) is 1.56. The highest BCUT2D eigenvalue weighted by atomic mass is 32.2. The number of aromatic nitrogens is 2. The zero-order valence-electron chi connectivity index (χ0n) is 13.9. The summed E-state index contributed by atoms with van der Waals surface area (Å²) in [5.74, 6) is -0.649. The molecule has 0 amide bonds. The second kappa shape index (κ2) is 7.63. The Hall–Kier alpha value is -2.49. The van der Waals surface area contributed by atoms with Crippen molar-refractivity contribution in [2.75, 3.05) is 11.8 Å². The van der Waals surface area contributed by atoms with E-state index in [1.807, 2.05) is 6.07 Å². The summed E-state index contributed by atoms with van der Waals surface area (Å²) >= 11 is 4.42. The van der Waals surface area contributed by atoms with Crippen LogP contribution >= 0.6 is 34.6 Å². The fourth-order valence-corrected chi connectivity index (χ4v) is 4.85. The van der Waals surface area contributed by atoms with E-state index >= 15 is 0 Å². The van der Waals surface area contributed by atoms with Gasteiger partial charge in [-0.15, -0.1) is 11.3 Å². The van der Waals surface area contributed by atoms with Gasteiger partial charge in [-0.05, 0) is 54.4 Å². The largest absolute Gasteiger partial charge is 0.465 e. The van der Waals surface area contributed by atoms with Gasteiger partial charge in [0.15, 0.2) is 5.13 Å². The van der Waals surface area contributed by atoms with Crippen LogP contribution in [0.15, 0.2) is 52.9 Å². The number of carbonyl (C=O) groups excluding carboxylic acids is 1. The lowest BCUT2D eigenvalue weighted by Crippen LogP contribution is -2.00. The summed E-state index contributed by atoms with van der Waals surface area (Å²) in [4.78, 5) is 20.5. The number of nitrogens with one attached hydrogen (secondary N) is 1. The Morgan fingerprint density at radius 3 is 2.78 bits per heavy atom. The second-order valence-electron chi connectivity index (χ2n) is 5.39. The van der Waals surface area contributed by atoms with Crippen molar-refractivity contribution in [3.8, 4) is 10.6 Å². The molecule has 2 heterocycles. The fraction of sp³-hybridized carbons (Fsp3) is 0.0556. The maximum absolute atomic E-state index is 13.0. The van der Waals surface area contributed by atoms with Gasteiger partial charge in [-0.2, -0.15) is 0 Å². The topological polar surface area (TPSA) is 64.1 Å². The van der Waals surface area contributed by atoms with Crippen molar-refractivity contribution in [1.29, 1.82) is 0 Å². The molecular weight excluding hydrogens is 405 g/mol. The van der Waals surface area contributed by atoms with Gasteiger partial charge in [0.1, 0.15) is 15.0 Å². The molecule has 0 unspecified atom stereocenters. The molecule has 136 valence electrons. The Kier molecular flexibility index (Phi) is 5.06. The first-order chi connectivity index (χ1) is 13.1. The summed E-state index contributed by atoms with van der Waals surface area (Å²) in [6, 6.07) is 11.6. The van der Waals surface area contributed by atoms with Gasteiger partial charge in [0.25, 0.3) is 0 Å². The van der Waals surface area contributed by atoms with Gasteiger partial charge in [0.05, 0.1) is 29.1 Å². The Labute approximate surface area is 166 Å². The lowest BCUT2D eigenvalue weighted by atomic mass is 10.2. The first-order valence-corrected chi connectivity index (χ1v) is 10.2. The molecule has 0 aliphatic rings. The number of hydrogen-bond donors (Lipinski definition) is 1. The smallest absolute Gasteiger partial charge is 0.337 e. The minimum absolute atomic E-state index is 0.266. The quantitative estimate of drug-likeness (QED) is 0.343. The highest BCUT2D eigenvalue weighted by molar-refractivity contribution is 8.02. The van der Waals surface area contributed by atoms with Gasteiger partial charge in [0, 0.05) is 5.56 Å². The SMILES string of the molecule is COC(=O)c1ccc2sc(NSc3cnc(-c4ccc(F)cc4)s3)nc2c1. The van der Waals surface area contributed by atoms with E-state index in [1.165, 1.54) is 53.9 Å². The maximum Gasteiger partial charge on any atom is 0.337 e. The molecule has 2 aromatic carbocycles. The molecule has 0 aliphatic carbocycles. The zero-order chi connectivity index (χ0) is 18.8. The molecule has 5 nitrogen and oxygen atoms in total. The number of carbonyl (C=O) groups is 1. The Morgan fingerprint density at radius 1 is 1.19 bits per heavy atom. The average molecular weight is 418 g/mol. The molecule has 0 atom stereocenters. The zero-order valence-corrected chi connectivity index (χ0v) is 16.4. The number of fused-ring (bicyclic) bond motifs is 1. The van der Waals surface area contributed by atoms with Gasteiger partial charge < -0.3 is 9.46 Å². The average Bonchev–Trinajstić information content (AvgIpc) is 3.32. The van der Waals surface area contributed by atoms with E-state index in [1.54, 1.807) is 30.5 Å². The minimum Gasteiger partial charge on any atom is -0.465 e. The number of hydrogen-bond acceptors (Lipinski definition) is 8. The molecule has 27 heavy (non-hydrogen) atoms. The van der Waals surface area contributed by atoms with Gasteiger partial charge in [-0.3, -0.25) is 0 Å². The Balaban J connectivity index is 1.47. The predicted octanol–water partition coefficient (Wildman–Crippen LogP) is 5.46. The van der Waals surface area contributed by atoms with Crippen LogP contribution < -0.4 is 4.72 Å². The third-order valence-corrected chi connectivity index (χ3v) is 6.65. The van der Waals surface area contributed by atoms with Crippen LogP contribution in [0.3, 0.4) is 0 Å². The van der Waals surface area contributed by atoms with Crippen LogP contribution in [0, 0.1) is 5.82 Å². The molecule has 0 fully saturated rings. The van der Waals surface area contributed by atoms with E-state index in [-0.39, 0.29) is 11.8 Å². The number of anilines is 1. The predicted molar refractivity (Wildman–Crippen MR) is 108 cm³/mol. The lowest BCUT2D eigenvalue weighted by Gasteiger charge is -1.97. The normalized spacial score (nSPS) is 10.9. The number of benzene rings is 2. The number of thiazole rings is 2. The van der Waals surface area contributed by atoms with Crippen molar-refractivity contribution in [3.63, 3.8) is 0 Å². The van der Waals surface area contributed by atoms with Crippen molar-refractivity contribution >= 4 is 55.9 Å². The van der Waals surface area contributed by atoms with Crippen molar-refractivity contribution < 1.29 is 13.9 Å². The highest BCUT2D eigenvalue weighted by Gasteiger charge is 2.11. The van der Waals surface area contributed by atoms with Crippen LogP contribution in [0.5, 0.6) is 0 Å². The van der Waals surface area contributed by atoms with Crippen LogP contribution in [-0.2, 0) is 4.74 Å². The maximum atomic E-state index is 13.0. The molecule has 0 bridgehead atoms. The molecular formula is C18H12FN3O2S3. The van der Waals surface area contributed by atoms with Crippen LogP contribution in [0.25, 0.3) is 20.8 Å². The first-order valence-electron chi connectivity index (χ1n) is 7.76. The van der Waals surface area contributed by atoms with Crippen LogP contribution in [0.4, 0.5) is 9.52 Å². The van der Waals surface area contributed by atoms with Crippen LogP contribution in [-0.4, -0.2) is 23.0 Å². The summed E-state index contributed by atoms with van der Waals surface area (Å²) < 4.78 is 22.9. The summed E-state index contributed by atoms with van der Waals surface area (Å²) in [6.07, 6.45) is 1.77. The summed E-state index contributed by atoms with van der Waals surface area (Å²) in [7, 11) is 1.35. The lowest BCUT2D eigenvalue weighted by molar-refractivity contribution is 0.0601. The molecule has 0 saturated heterocycles. The van der Waals surface area contributed by atoms with E-state index in [0.29, 0.717) is 5.56 Å². The van der Waals surface area contributed by atoms with E-state index in [9.17, 15) is 9.18 Å². The van der Waals surface area contributed by atoms with Gasteiger partial charge in [-0.1, -0.05) is 11.3 Å². The fourth-order valence-electron chi connectivity index (χ4n) is 2.34. The van der Waals surface area contributed by atoms with Crippen LogP contribution in [0.1, 0.15) is 10.4 Å². The van der Waals surface area contributed by atoms with E-state index in [2.05, 4.69) is 14.7 Å². The summed E-state index contributed by atoms with van der Waals surface area (Å²) in [6.45, 7) is 0. The van der Waals surface area contributed by atoms with Gasteiger partial charge >= 0.3 is 5.97 Å². The number of rotatable bonds is 5. The Bertz CT molecular complexity index is 1110. The monoisotopic (exact) mass is 417 g/mol. The minimum atomic E-state index is -0.383. The highest BCUT2D eigenvalue weighted by Crippen LogP contribution is 2.34. The number of methoxy groups -OCH3 is 1.